The lowest BCUT2D eigenvalue weighted by atomic mass is 9.88. The molecule has 1 aliphatic heterocycles. The molecule has 0 spiro atoms. The molecule has 0 aromatic rings. The molecular weight excluding hydrogens is 216 g/mol. The minimum Gasteiger partial charge on any atom is -0.301 e. The Morgan fingerprint density at radius 3 is 2.62 bits per heavy atom. The van der Waals surface area contributed by atoms with E-state index in [2.05, 4.69) is 26.8 Å². The fraction of sp³-hybridized carbons (Fsp3) is 0.385. The molecule has 2 aliphatic rings. The van der Waals surface area contributed by atoms with Crippen molar-refractivity contribution in [3.05, 3.63) is 34.3 Å². The highest BCUT2D eigenvalue weighted by molar-refractivity contribution is 8.03. The number of allylic oxidation sites excluding steroid dienone is 5. The van der Waals surface area contributed by atoms with E-state index in [1.54, 1.807) is 11.8 Å². The monoisotopic (exact) mass is 232 g/mol. The summed E-state index contributed by atoms with van der Waals surface area (Å²) in [6.07, 6.45) is 7.99. The summed E-state index contributed by atoms with van der Waals surface area (Å²) in [4.78, 5) is 5.86. The lowest BCUT2D eigenvalue weighted by Crippen LogP contribution is -2.26. The van der Waals surface area contributed by atoms with Gasteiger partial charge in [-0.2, -0.15) is 0 Å². The first-order chi connectivity index (χ1) is 7.43. The van der Waals surface area contributed by atoms with Gasteiger partial charge >= 0.3 is 0 Å². The molecule has 0 radical (unpaired) electrons. The summed E-state index contributed by atoms with van der Waals surface area (Å²) < 4.78 is 0. The van der Waals surface area contributed by atoms with E-state index in [0.717, 1.165) is 16.2 Å². The van der Waals surface area contributed by atoms with E-state index in [1.165, 1.54) is 5.57 Å². The number of thioether (sulfide) groups is 1. The highest BCUT2D eigenvalue weighted by atomic mass is 32.2. The van der Waals surface area contributed by atoms with Crippen LogP contribution in [0, 0.1) is 5.41 Å². The summed E-state index contributed by atoms with van der Waals surface area (Å²) in [6, 6.07) is 0. The third-order valence-corrected chi connectivity index (χ3v) is 3.44. The summed E-state index contributed by atoms with van der Waals surface area (Å²) in [7, 11) is 0. The minimum absolute atomic E-state index is 0.134. The number of hydrogen-bond acceptors (Lipinski definition) is 3. The van der Waals surface area contributed by atoms with Gasteiger partial charge in [-0.25, -0.2) is 0 Å². The zero-order valence-electron chi connectivity index (χ0n) is 10.1. The first kappa shape index (κ1) is 11.4. The van der Waals surface area contributed by atoms with Gasteiger partial charge in [0.05, 0.1) is 17.0 Å². The van der Waals surface area contributed by atoms with E-state index in [0.29, 0.717) is 5.71 Å². The molecule has 0 unspecified atom stereocenters. The summed E-state index contributed by atoms with van der Waals surface area (Å²) >= 11 is 1.66. The van der Waals surface area contributed by atoms with E-state index in [4.69, 9.17) is 10.4 Å². The average molecular weight is 232 g/mol. The maximum absolute atomic E-state index is 7.79. The Hall–Kier alpha value is -1.09. The van der Waals surface area contributed by atoms with Gasteiger partial charge in [0.25, 0.3) is 0 Å². The Morgan fingerprint density at radius 2 is 2.00 bits per heavy atom. The molecule has 1 aliphatic carbocycles. The highest BCUT2D eigenvalue weighted by Crippen LogP contribution is 2.33. The number of nitrogens with zero attached hydrogens (tertiary/aromatic N) is 1. The molecule has 0 atom stereocenters. The lowest BCUT2D eigenvalue weighted by molar-refractivity contribution is 0.648. The lowest BCUT2D eigenvalue weighted by Gasteiger charge is -2.29. The number of hydrogen-bond donors (Lipinski definition) is 1. The largest absolute Gasteiger partial charge is 0.301 e. The molecule has 3 heteroatoms. The zero-order valence-corrected chi connectivity index (χ0v) is 10.9. The predicted octanol–water partition coefficient (Wildman–Crippen LogP) is 3.37. The van der Waals surface area contributed by atoms with Crippen LogP contribution < -0.4 is 0 Å². The minimum atomic E-state index is -0.134. The van der Waals surface area contributed by atoms with Crippen molar-refractivity contribution in [3.8, 4) is 0 Å². The molecule has 2 nitrogen and oxygen atoms in total. The van der Waals surface area contributed by atoms with Crippen molar-refractivity contribution >= 4 is 23.2 Å². The zero-order chi connectivity index (χ0) is 11.9. The van der Waals surface area contributed by atoms with Crippen LogP contribution >= 0.6 is 11.8 Å². The van der Waals surface area contributed by atoms with Crippen LogP contribution in [0.25, 0.3) is 0 Å². The van der Waals surface area contributed by atoms with Crippen LogP contribution in [0.5, 0.6) is 0 Å². The first-order valence-corrected chi connectivity index (χ1v) is 6.52. The van der Waals surface area contributed by atoms with Crippen molar-refractivity contribution in [3.63, 3.8) is 0 Å². The molecular formula is C13H16N2S. The van der Waals surface area contributed by atoms with Crippen LogP contribution in [-0.4, -0.2) is 23.2 Å². The molecule has 1 N–H and O–H groups in total. The summed E-state index contributed by atoms with van der Waals surface area (Å²) in [5.41, 5.74) is 3.81. The van der Waals surface area contributed by atoms with Crippen LogP contribution in [0.4, 0.5) is 0 Å². The fourth-order valence-electron chi connectivity index (χ4n) is 2.11. The van der Waals surface area contributed by atoms with Gasteiger partial charge in [0, 0.05) is 10.5 Å². The van der Waals surface area contributed by atoms with Crippen molar-refractivity contribution < 1.29 is 0 Å². The van der Waals surface area contributed by atoms with Gasteiger partial charge in [-0.3, -0.25) is 4.99 Å². The number of nitrogens with one attached hydrogen (secondary N) is 1. The molecule has 84 valence electrons. The van der Waals surface area contributed by atoms with Crippen molar-refractivity contribution in [1.82, 2.24) is 0 Å². The van der Waals surface area contributed by atoms with Crippen molar-refractivity contribution in [2.45, 2.75) is 26.3 Å². The second-order valence-corrected chi connectivity index (χ2v) is 5.52. The van der Waals surface area contributed by atoms with Crippen LogP contribution in [-0.2, 0) is 0 Å². The number of rotatable bonds is 1. The Morgan fingerprint density at radius 1 is 1.31 bits per heavy atom. The third-order valence-electron chi connectivity index (χ3n) is 2.69. The van der Waals surface area contributed by atoms with Gasteiger partial charge in [0.1, 0.15) is 0 Å². The summed E-state index contributed by atoms with van der Waals surface area (Å²) in [5, 5.41) is 7.79. The maximum atomic E-state index is 7.79. The summed E-state index contributed by atoms with van der Waals surface area (Å²) in [6.45, 7) is 6.31. The molecule has 0 amide bonds. The molecule has 1 heterocycles. The van der Waals surface area contributed by atoms with E-state index < -0.39 is 0 Å². The smallest absolute Gasteiger partial charge is 0.0796 e. The van der Waals surface area contributed by atoms with Gasteiger partial charge in [-0.05, 0) is 44.8 Å². The van der Waals surface area contributed by atoms with Crippen LogP contribution in [0.2, 0.25) is 0 Å². The van der Waals surface area contributed by atoms with Crippen molar-refractivity contribution in [1.29, 1.82) is 5.41 Å². The molecule has 0 saturated heterocycles. The van der Waals surface area contributed by atoms with Crippen molar-refractivity contribution in [2.75, 3.05) is 6.26 Å². The number of dihydropyridines is 1. The number of aliphatic imine (C=N–C) groups is 1. The van der Waals surface area contributed by atoms with Crippen molar-refractivity contribution in [2.24, 2.45) is 4.99 Å². The van der Waals surface area contributed by atoms with Gasteiger partial charge in [-0.1, -0.05) is 6.08 Å². The quantitative estimate of drug-likeness (QED) is 0.691. The second-order valence-electron chi connectivity index (χ2n) is 4.67. The molecule has 2 rings (SSSR count). The fourth-order valence-corrected chi connectivity index (χ4v) is 2.70. The number of fused-ring (bicyclic) bond motifs is 1. The maximum Gasteiger partial charge on any atom is 0.0796 e. The normalized spacial score (nSPS) is 22.9. The predicted molar refractivity (Wildman–Crippen MR) is 72.7 cm³/mol. The SMILES string of the molecule is CSC1=CC(=N)C=C2C(C)=CC(C)(C)N=C12. The third kappa shape index (κ3) is 1.92. The van der Waals surface area contributed by atoms with Gasteiger partial charge in [0.15, 0.2) is 0 Å². The molecule has 0 aromatic carbocycles. The van der Waals surface area contributed by atoms with E-state index >= 15 is 0 Å². The van der Waals surface area contributed by atoms with Crippen LogP contribution in [0.1, 0.15) is 20.8 Å². The summed E-state index contributed by atoms with van der Waals surface area (Å²) in [5.74, 6) is 0. The van der Waals surface area contributed by atoms with E-state index in [1.807, 2.05) is 18.4 Å². The molecule has 0 saturated carbocycles. The second kappa shape index (κ2) is 3.74. The highest BCUT2D eigenvalue weighted by Gasteiger charge is 2.27. The molecule has 16 heavy (non-hydrogen) atoms. The van der Waals surface area contributed by atoms with E-state index in [9.17, 15) is 0 Å². The molecule has 0 aromatic heterocycles. The van der Waals surface area contributed by atoms with Crippen LogP contribution in [0.15, 0.2) is 39.3 Å². The van der Waals surface area contributed by atoms with Gasteiger partial charge < -0.3 is 5.41 Å². The Labute approximate surface area is 101 Å². The topological polar surface area (TPSA) is 36.2 Å². The van der Waals surface area contributed by atoms with Gasteiger partial charge in [-0.15, -0.1) is 11.8 Å². The Kier molecular flexibility index (Phi) is 2.66. The molecule has 0 bridgehead atoms. The van der Waals surface area contributed by atoms with E-state index in [-0.39, 0.29) is 5.54 Å². The van der Waals surface area contributed by atoms with Crippen LogP contribution in [0.3, 0.4) is 0 Å². The Balaban J connectivity index is 2.57. The van der Waals surface area contributed by atoms with Gasteiger partial charge in [0.2, 0.25) is 0 Å². The standard InChI is InChI=1S/C13H16N2S/c1-8-7-13(2,3)15-12-10(8)5-9(14)6-11(12)16-4/h5-7,14H,1-4H3. The molecule has 0 fully saturated rings. The Bertz CT molecular complexity index is 476. The first-order valence-electron chi connectivity index (χ1n) is 5.29. The average Bonchev–Trinajstić information content (AvgIpc) is 2.17.